The highest BCUT2D eigenvalue weighted by Crippen LogP contribution is 2.16. The van der Waals surface area contributed by atoms with Crippen LogP contribution in [0.15, 0.2) is 48.8 Å². The molecule has 21 heavy (non-hydrogen) atoms. The van der Waals surface area contributed by atoms with E-state index in [9.17, 15) is 14.3 Å². The highest BCUT2D eigenvalue weighted by molar-refractivity contribution is 6.04. The van der Waals surface area contributed by atoms with E-state index in [0.717, 1.165) is 0 Å². The van der Waals surface area contributed by atoms with Crippen LogP contribution in [0.3, 0.4) is 0 Å². The quantitative estimate of drug-likeness (QED) is 0.850. The van der Waals surface area contributed by atoms with E-state index in [1.54, 1.807) is 25.1 Å². The molecule has 5 heteroatoms. The third-order valence-electron chi connectivity index (χ3n) is 2.97. The molecular formula is C16H15FN2O2. The third-order valence-corrected chi connectivity index (χ3v) is 2.97. The number of hydrogen-bond acceptors (Lipinski definition) is 3. The smallest absolute Gasteiger partial charge is 0.248 e. The van der Waals surface area contributed by atoms with Gasteiger partial charge < -0.3 is 10.4 Å². The number of aromatic nitrogens is 1. The first-order valence-corrected chi connectivity index (χ1v) is 6.39. The molecular weight excluding hydrogens is 271 g/mol. The van der Waals surface area contributed by atoms with E-state index in [2.05, 4.69) is 10.3 Å². The zero-order valence-electron chi connectivity index (χ0n) is 11.5. The largest absolute Gasteiger partial charge is 0.392 e. The van der Waals surface area contributed by atoms with Crippen LogP contribution in [0, 0.1) is 5.82 Å². The Kier molecular flexibility index (Phi) is 4.79. The van der Waals surface area contributed by atoms with Gasteiger partial charge in [-0.1, -0.05) is 12.1 Å². The molecule has 1 heterocycles. The van der Waals surface area contributed by atoms with Crippen molar-refractivity contribution < 1.29 is 14.3 Å². The minimum Gasteiger partial charge on any atom is -0.392 e. The van der Waals surface area contributed by atoms with Crippen molar-refractivity contribution in [2.75, 3.05) is 5.32 Å². The average molecular weight is 286 g/mol. The molecule has 0 aliphatic heterocycles. The average Bonchev–Trinajstić information content (AvgIpc) is 2.47. The molecule has 0 aliphatic carbocycles. The number of rotatable bonds is 4. The summed E-state index contributed by atoms with van der Waals surface area (Å²) in [6.45, 7) is 1.54. The van der Waals surface area contributed by atoms with Crippen LogP contribution in [-0.4, -0.2) is 16.0 Å². The Morgan fingerprint density at radius 2 is 2.24 bits per heavy atom. The van der Waals surface area contributed by atoms with Gasteiger partial charge in [0.2, 0.25) is 5.91 Å². The van der Waals surface area contributed by atoms with Crippen molar-refractivity contribution in [3.63, 3.8) is 0 Å². The number of benzene rings is 1. The lowest BCUT2D eigenvalue weighted by Gasteiger charge is -2.07. The second-order valence-corrected chi connectivity index (χ2v) is 4.52. The first-order valence-electron chi connectivity index (χ1n) is 6.39. The summed E-state index contributed by atoms with van der Waals surface area (Å²) in [6.07, 6.45) is 4.38. The van der Waals surface area contributed by atoms with E-state index in [-0.39, 0.29) is 18.3 Å². The number of allylic oxidation sites excluding steroid dienone is 1. The molecule has 2 rings (SSSR count). The van der Waals surface area contributed by atoms with Gasteiger partial charge >= 0.3 is 0 Å². The SMILES string of the molecule is C/C(=C/C(=O)Nc1cnccc1CO)c1cccc(F)c1. The maximum Gasteiger partial charge on any atom is 0.248 e. The fourth-order valence-corrected chi connectivity index (χ4v) is 1.86. The topological polar surface area (TPSA) is 62.2 Å². The van der Waals surface area contributed by atoms with Gasteiger partial charge in [-0.2, -0.15) is 0 Å². The second kappa shape index (κ2) is 6.76. The van der Waals surface area contributed by atoms with E-state index in [1.807, 2.05) is 0 Å². The fourth-order valence-electron chi connectivity index (χ4n) is 1.86. The molecule has 1 amide bonds. The molecule has 0 radical (unpaired) electrons. The van der Waals surface area contributed by atoms with E-state index in [1.165, 1.54) is 30.6 Å². The summed E-state index contributed by atoms with van der Waals surface area (Å²) in [5, 5.41) is 11.8. The first-order chi connectivity index (χ1) is 10.1. The summed E-state index contributed by atoms with van der Waals surface area (Å²) in [5.41, 5.74) is 2.31. The summed E-state index contributed by atoms with van der Waals surface area (Å²) in [6, 6.07) is 7.65. The number of amides is 1. The third kappa shape index (κ3) is 3.97. The minimum absolute atomic E-state index is 0.190. The number of hydrogen-bond donors (Lipinski definition) is 2. The lowest BCUT2D eigenvalue weighted by molar-refractivity contribution is -0.111. The molecule has 108 valence electrons. The minimum atomic E-state index is -0.362. The van der Waals surface area contributed by atoms with Gasteiger partial charge in [-0.15, -0.1) is 0 Å². The zero-order valence-corrected chi connectivity index (χ0v) is 11.5. The summed E-state index contributed by atoms with van der Waals surface area (Å²) in [7, 11) is 0. The van der Waals surface area contributed by atoms with Crippen molar-refractivity contribution in [3.8, 4) is 0 Å². The predicted molar refractivity (Wildman–Crippen MR) is 78.8 cm³/mol. The van der Waals surface area contributed by atoms with Gasteiger partial charge in [0.15, 0.2) is 0 Å². The van der Waals surface area contributed by atoms with Crippen LogP contribution in [-0.2, 0) is 11.4 Å². The lowest BCUT2D eigenvalue weighted by atomic mass is 10.1. The van der Waals surface area contributed by atoms with Crippen molar-refractivity contribution in [1.82, 2.24) is 4.98 Å². The summed E-state index contributed by atoms with van der Waals surface area (Å²) >= 11 is 0. The molecule has 2 aromatic rings. The summed E-state index contributed by atoms with van der Waals surface area (Å²) in [5.74, 6) is -0.713. The number of halogens is 1. The number of aliphatic hydroxyl groups is 1. The van der Waals surface area contributed by atoms with Crippen LogP contribution in [0.25, 0.3) is 5.57 Å². The van der Waals surface area contributed by atoms with Gasteiger partial charge in [-0.05, 0) is 36.3 Å². The maximum absolute atomic E-state index is 13.1. The van der Waals surface area contributed by atoms with E-state index < -0.39 is 0 Å². The zero-order chi connectivity index (χ0) is 15.2. The standard InChI is InChI=1S/C16H15FN2O2/c1-11(12-3-2-4-14(17)8-12)7-16(21)19-15-9-18-6-5-13(15)10-20/h2-9,20H,10H2,1H3,(H,19,21)/b11-7-. The molecule has 0 saturated carbocycles. The molecule has 0 atom stereocenters. The van der Waals surface area contributed by atoms with E-state index in [0.29, 0.717) is 22.4 Å². The normalized spacial score (nSPS) is 11.3. The van der Waals surface area contributed by atoms with Crippen LogP contribution in [0.1, 0.15) is 18.1 Å². The van der Waals surface area contributed by atoms with Crippen LogP contribution >= 0.6 is 0 Å². The van der Waals surface area contributed by atoms with E-state index in [4.69, 9.17) is 0 Å². The summed E-state index contributed by atoms with van der Waals surface area (Å²) in [4.78, 5) is 15.9. The Morgan fingerprint density at radius 3 is 2.95 bits per heavy atom. The summed E-state index contributed by atoms with van der Waals surface area (Å²) < 4.78 is 13.1. The van der Waals surface area contributed by atoms with Crippen molar-refractivity contribution in [2.45, 2.75) is 13.5 Å². The fraction of sp³-hybridized carbons (Fsp3) is 0.125. The van der Waals surface area contributed by atoms with Gasteiger partial charge in [0.05, 0.1) is 18.5 Å². The number of carbonyl (C=O) groups excluding carboxylic acids is 1. The highest BCUT2D eigenvalue weighted by atomic mass is 19.1. The van der Waals surface area contributed by atoms with Gasteiger partial charge in [0.25, 0.3) is 0 Å². The highest BCUT2D eigenvalue weighted by Gasteiger charge is 2.06. The van der Waals surface area contributed by atoms with Crippen LogP contribution in [0.2, 0.25) is 0 Å². The molecule has 2 N–H and O–H groups in total. The predicted octanol–water partition coefficient (Wildman–Crippen LogP) is 2.76. The van der Waals surface area contributed by atoms with Crippen molar-refractivity contribution in [2.24, 2.45) is 0 Å². The van der Waals surface area contributed by atoms with Crippen LogP contribution < -0.4 is 5.32 Å². The molecule has 0 bridgehead atoms. The Bertz CT molecular complexity index is 683. The monoisotopic (exact) mass is 286 g/mol. The molecule has 0 spiro atoms. The Morgan fingerprint density at radius 1 is 1.43 bits per heavy atom. The lowest BCUT2D eigenvalue weighted by Crippen LogP contribution is -2.10. The van der Waals surface area contributed by atoms with Crippen LogP contribution in [0.5, 0.6) is 0 Å². The van der Waals surface area contributed by atoms with Gasteiger partial charge in [0, 0.05) is 17.8 Å². The molecule has 0 saturated heterocycles. The van der Waals surface area contributed by atoms with E-state index >= 15 is 0 Å². The Labute approximate surface area is 122 Å². The molecule has 1 aromatic carbocycles. The Balaban J connectivity index is 2.15. The number of nitrogens with one attached hydrogen (secondary N) is 1. The molecule has 0 fully saturated rings. The van der Waals surface area contributed by atoms with Crippen LogP contribution in [0.4, 0.5) is 10.1 Å². The molecule has 4 nitrogen and oxygen atoms in total. The maximum atomic E-state index is 13.1. The first kappa shape index (κ1) is 14.9. The second-order valence-electron chi connectivity index (χ2n) is 4.52. The Hall–Kier alpha value is -2.53. The number of aliphatic hydroxyl groups excluding tert-OH is 1. The van der Waals surface area contributed by atoms with Crippen molar-refractivity contribution >= 4 is 17.2 Å². The number of carbonyl (C=O) groups is 1. The number of nitrogens with zero attached hydrogens (tertiary/aromatic N) is 1. The molecule has 1 aromatic heterocycles. The molecule has 0 unspecified atom stereocenters. The van der Waals surface area contributed by atoms with Crippen molar-refractivity contribution in [1.29, 1.82) is 0 Å². The van der Waals surface area contributed by atoms with Gasteiger partial charge in [-0.25, -0.2) is 4.39 Å². The van der Waals surface area contributed by atoms with Crippen molar-refractivity contribution in [3.05, 3.63) is 65.7 Å². The van der Waals surface area contributed by atoms with Gasteiger partial charge in [0.1, 0.15) is 5.82 Å². The molecule has 0 aliphatic rings. The number of anilines is 1. The van der Waals surface area contributed by atoms with Gasteiger partial charge in [-0.3, -0.25) is 9.78 Å². The number of pyridine rings is 1.